The fourth-order valence-electron chi connectivity index (χ4n) is 4.01. The van der Waals surface area contributed by atoms with Crippen LogP contribution in [-0.2, 0) is 62.5 Å². The van der Waals surface area contributed by atoms with Gasteiger partial charge in [-0.05, 0) is 25.7 Å². The van der Waals surface area contributed by atoms with Crippen LogP contribution in [0.4, 0.5) is 0 Å². The van der Waals surface area contributed by atoms with Crippen molar-refractivity contribution in [2.45, 2.75) is 117 Å². The molecule has 15 heteroatoms. The first-order chi connectivity index (χ1) is 20.5. The summed E-state index contributed by atoms with van der Waals surface area (Å²) in [6.07, 6.45) is -0.508. The van der Waals surface area contributed by atoms with Crippen LogP contribution < -0.4 is 17.1 Å². The van der Waals surface area contributed by atoms with E-state index in [0.717, 1.165) is 4.57 Å². The van der Waals surface area contributed by atoms with Crippen LogP contribution in [0.2, 0.25) is 0 Å². The molecule has 0 radical (unpaired) electrons. The van der Waals surface area contributed by atoms with Crippen molar-refractivity contribution in [3.8, 4) is 0 Å². The SMILES string of the molecule is CCCC(=O)OCC(Cn1c(=O)n(CC2CO2)c(=O)n(CC(COC(=O)CCC)OC(=O)CCC)c1=O)OC(=O)CCC. The van der Waals surface area contributed by atoms with E-state index >= 15 is 0 Å². The monoisotopic (exact) mass is 613 g/mol. The summed E-state index contributed by atoms with van der Waals surface area (Å²) < 4.78 is 28.6. The second kappa shape index (κ2) is 18.0. The third-order valence-electron chi connectivity index (χ3n) is 6.22. The highest BCUT2D eigenvalue weighted by Crippen LogP contribution is 2.10. The molecule has 0 bridgehead atoms. The predicted octanol–water partition coefficient (Wildman–Crippen LogP) is 0.681. The first kappa shape index (κ1) is 35.4. The van der Waals surface area contributed by atoms with Crippen LogP contribution in [0.3, 0.4) is 0 Å². The fraction of sp³-hybridized carbons (Fsp3) is 0.750. The lowest BCUT2D eigenvalue weighted by Gasteiger charge is -2.22. The van der Waals surface area contributed by atoms with Crippen molar-refractivity contribution in [3.05, 3.63) is 31.5 Å². The highest BCUT2D eigenvalue weighted by atomic mass is 16.6. The standard InChI is InChI=1S/C28H43N3O12/c1-5-9-22(32)40-17-20(42-24(34)11-7-3)14-30-26(36)29(13-19-16-39-19)27(37)31(28(30)38)15-21(43-25(35)12-8-4)18-41-23(33)10-6-2/h19-21H,5-18H2,1-4H3. The number of aromatic nitrogens is 3. The maximum absolute atomic E-state index is 13.6. The minimum absolute atomic E-state index is 0.0542. The molecule has 43 heavy (non-hydrogen) atoms. The second-order valence-electron chi connectivity index (χ2n) is 10.2. The fourth-order valence-corrected chi connectivity index (χ4v) is 4.01. The lowest BCUT2D eigenvalue weighted by atomic mass is 10.3. The van der Waals surface area contributed by atoms with Crippen LogP contribution in [0.15, 0.2) is 14.4 Å². The zero-order valence-corrected chi connectivity index (χ0v) is 25.4. The van der Waals surface area contributed by atoms with E-state index in [9.17, 15) is 33.6 Å². The van der Waals surface area contributed by atoms with E-state index in [1.807, 2.05) is 0 Å². The second-order valence-corrected chi connectivity index (χ2v) is 10.2. The van der Waals surface area contributed by atoms with Crippen LogP contribution in [0, 0.1) is 0 Å². The van der Waals surface area contributed by atoms with Gasteiger partial charge in [0.25, 0.3) is 0 Å². The van der Waals surface area contributed by atoms with Crippen molar-refractivity contribution in [1.29, 1.82) is 0 Å². The zero-order chi connectivity index (χ0) is 31.9. The molecule has 0 spiro atoms. The Bertz CT molecular complexity index is 1190. The van der Waals surface area contributed by atoms with Crippen molar-refractivity contribution in [2.75, 3.05) is 19.8 Å². The molecular weight excluding hydrogens is 570 g/mol. The van der Waals surface area contributed by atoms with E-state index in [1.54, 1.807) is 27.7 Å². The molecule has 3 atom stereocenters. The summed E-state index contributed by atoms with van der Waals surface area (Å²) >= 11 is 0. The Morgan fingerprint density at radius 3 is 1.35 bits per heavy atom. The van der Waals surface area contributed by atoms with Gasteiger partial charge in [-0.25, -0.2) is 28.1 Å². The maximum Gasteiger partial charge on any atom is 0.336 e. The van der Waals surface area contributed by atoms with Gasteiger partial charge in [0.1, 0.15) is 13.2 Å². The van der Waals surface area contributed by atoms with E-state index < -0.39 is 85.6 Å². The number of ether oxygens (including phenoxy) is 5. The molecule has 1 aliphatic heterocycles. The van der Waals surface area contributed by atoms with E-state index in [4.69, 9.17) is 23.7 Å². The topological polar surface area (TPSA) is 184 Å². The van der Waals surface area contributed by atoms with Crippen molar-refractivity contribution < 1.29 is 42.9 Å². The van der Waals surface area contributed by atoms with E-state index in [-0.39, 0.29) is 32.2 Å². The number of epoxide rings is 1. The largest absolute Gasteiger partial charge is 0.462 e. The number of rotatable bonds is 20. The van der Waals surface area contributed by atoms with E-state index in [1.165, 1.54) is 0 Å². The third kappa shape index (κ3) is 11.8. The molecule has 0 saturated carbocycles. The van der Waals surface area contributed by atoms with Gasteiger partial charge in [-0.1, -0.05) is 27.7 Å². The first-order valence-corrected chi connectivity index (χ1v) is 14.8. The third-order valence-corrected chi connectivity index (χ3v) is 6.22. The smallest absolute Gasteiger partial charge is 0.336 e. The molecule has 2 heterocycles. The molecule has 0 amide bonds. The van der Waals surface area contributed by atoms with Gasteiger partial charge in [0.05, 0.1) is 32.3 Å². The Morgan fingerprint density at radius 1 is 0.651 bits per heavy atom. The molecule has 0 aliphatic carbocycles. The van der Waals surface area contributed by atoms with Crippen molar-refractivity contribution >= 4 is 23.9 Å². The lowest BCUT2D eigenvalue weighted by molar-refractivity contribution is -0.160. The number of hydrogen-bond acceptors (Lipinski definition) is 12. The predicted molar refractivity (Wildman–Crippen MR) is 150 cm³/mol. The average molecular weight is 614 g/mol. The quantitative estimate of drug-likeness (QED) is 0.114. The van der Waals surface area contributed by atoms with Gasteiger partial charge in [-0.3, -0.25) is 19.2 Å². The summed E-state index contributed by atoms with van der Waals surface area (Å²) in [5.41, 5.74) is -3.03. The first-order valence-electron chi connectivity index (χ1n) is 14.8. The van der Waals surface area contributed by atoms with E-state index in [0.29, 0.717) is 41.4 Å². The molecule has 0 aromatic carbocycles. The summed E-state index contributed by atoms with van der Waals surface area (Å²) in [7, 11) is 0. The number of nitrogens with zero attached hydrogens (tertiary/aromatic N) is 3. The van der Waals surface area contributed by atoms with Gasteiger partial charge in [0, 0.05) is 25.7 Å². The Labute approximate surface area is 249 Å². The number of carbonyl (C=O) groups excluding carboxylic acids is 4. The normalized spacial score (nSPS) is 15.3. The van der Waals surface area contributed by atoms with Crippen LogP contribution in [0.25, 0.3) is 0 Å². The van der Waals surface area contributed by atoms with Gasteiger partial charge < -0.3 is 23.7 Å². The van der Waals surface area contributed by atoms with Crippen LogP contribution in [0.1, 0.15) is 79.1 Å². The summed E-state index contributed by atoms with van der Waals surface area (Å²) in [5.74, 6) is -2.34. The van der Waals surface area contributed by atoms with Crippen molar-refractivity contribution in [2.24, 2.45) is 0 Å². The molecule has 1 aliphatic rings. The van der Waals surface area contributed by atoms with Crippen LogP contribution in [0.5, 0.6) is 0 Å². The summed E-state index contributed by atoms with van der Waals surface area (Å²) in [6, 6.07) is 0. The molecular formula is C28H43N3O12. The van der Waals surface area contributed by atoms with Crippen LogP contribution >= 0.6 is 0 Å². The Hall–Kier alpha value is -3.75. The Kier molecular flexibility index (Phi) is 14.9. The molecule has 3 unspecified atom stereocenters. The number of hydrogen-bond donors (Lipinski definition) is 0. The Balaban J connectivity index is 2.51. The molecule has 2 rings (SSSR count). The molecule has 242 valence electrons. The van der Waals surface area contributed by atoms with Crippen LogP contribution in [-0.4, -0.2) is 75.7 Å². The molecule has 1 saturated heterocycles. The van der Waals surface area contributed by atoms with E-state index in [2.05, 4.69) is 0 Å². The molecule has 1 fully saturated rings. The van der Waals surface area contributed by atoms with Gasteiger partial charge >= 0.3 is 40.9 Å². The average Bonchev–Trinajstić information content (AvgIpc) is 3.77. The Morgan fingerprint density at radius 2 is 1.00 bits per heavy atom. The minimum atomic E-state index is -1.21. The van der Waals surface area contributed by atoms with Gasteiger partial charge in [0.2, 0.25) is 0 Å². The molecule has 1 aromatic heterocycles. The minimum Gasteiger partial charge on any atom is -0.462 e. The molecule has 0 N–H and O–H groups in total. The summed E-state index contributed by atoms with van der Waals surface area (Å²) in [6.45, 7) is 5.35. The highest BCUT2D eigenvalue weighted by Gasteiger charge is 2.29. The zero-order valence-electron chi connectivity index (χ0n) is 25.4. The summed E-state index contributed by atoms with van der Waals surface area (Å²) in [5, 5.41) is 0. The van der Waals surface area contributed by atoms with Gasteiger partial charge in [-0.15, -0.1) is 0 Å². The van der Waals surface area contributed by atoms with Crippen molar-refractivity contribution in [1.82, 2.24) is 13.7 Å². The highest BCUT2D eigenvalue weighted by molar-refractivity contribution is 5.71. The number of carbonyl (C=O) groups is 4. The maximum atomic E-state index is 13.6. The van der Waals surface area contributed by atoms with Gasteiger partial charge in [-0.2, -0.15) is 0 Å². The molecule has 1 aromatic rings. The number of esters is 4. The van der Waals surface area contributed by atoms with Gasteiger partial charge in [0.15, 0.2) is 12.2 Å². The van der Waals surface area contributed by atoms with Crippen molar-refractivity contribution in [3.63, 3.8) is 0 Å². The molecule has 15 nitrogen and oxygen atoms in total. The lowest BCUT2D eigenvalue weighted by Crippen LogP contribution is -2.57. The summed E-state index contributed by atoms with van der Waals surface area (Å²) in [4.78, 5) is 89.0.